The van der Waals surface area contributed by atoms with Crippen molar-refractivity contribution in [3.63, 3.8) is 0 Å². The Kier molecular flexibility index (Phi) is 8.36. The summed E-state index contributed by atoms with van der Waals surface area (Å²) >= 11 is 0. The Balaban J connectivity index is 2.01. The van der Waals surface area contributed by atoms with Gasteiger partial charge < -0.3 is 19.7 Å². The number of nitrogens with one attached hydrogen (secondary N) is 1. The van der Waals surface area contributed by atoms with Gasteiger partial charge in [0, 0.05) is 31.9 Å². The number of nitrogens with zero attached hydrogens (tertiary/aromatic N) is 3. The van der Waals surface area contributed by atoms with E-state index in [0.717, 1.165) is 37.5 Å². The first-order chi connectivity index (χ1) is 13.0. The van der Waals surface area contributed by atoms with Crippen molar-refractivity contribution in [3.05, 3.63) is 23.9 Å². The Morgan fingerprint density at radius 2 is 2.22 bits per heavy atom. The summed E-state index contributed by atoms with van der Waals surface area (Å²) in [5, 5.41) is 3.33. The molecule has 1 aliphatic rings. The second-order valence-corrected chi connectivity index (χ2v) is 6.88. The van der Waals surface area contributed by atoms with Crippen LogP contribution < -0.4 is 10.1 Å². The molecule has 0 saturated carbocycles. The number of aliphatic imine (C=N–C) groups is 1. The smallest absolute Gasteiger partial charge is 0.310 e. The molecule has 150 valence electrons. The fourth-order valence-electron chi connectivity index (χ4n) is 3.03. The van der Waals surface area contributed by atoms with Crippen LogP contribution in [0.4, 0.5) is 0 Å². The maximum atomic E-state index is 12.1. The van der Waals surface area contributed by atoms with Crippen molar-refractivity contribution in [2.75, 3.05) is 26.2 Å². The molecule has 1 saturated heterocycles. The van der Waals surface area contributed by atoms with E-state index in [1.165, 1.54) is 0 Å². The Labute approximate surface area is 162 Å². The van der Waals surface area contributed by atoms with Crippen LogP contribution in [0.5, 0.6) is 5.88 Å². The van der Waals surface area contributed by atoms with Crippen molar-refractivity contribution in [1.82, 2.24) is 15.2 Å². The maximum absolute atomic E-state index is 12.1. The zero-order chi connectivity index (χ0) is 19.6. The van der Waals surface area contributed by atoms with E-state index < -0.39 is 0 Å². The summed E-state index contributed by atoms with van der Waals surface area (Å²) in [5.74, 6) is 1.26. The van der Waals surface area contributed by atoms with E-state index in [1.807, 2.05) is 39.8 Å². The first-order valence-corrected chi connectivity index (χ1v) is 9.85. The average molecular weight is 377 g/mol. The number of guanidine groups is 1. The molecule has 27 heavy (non-hydrogen) atoms. The molecule has 2 rings (SSSR count). The van der Waals surface area contributed by atoms with E-state index in [1.54, 1.807) is 6.20 Å². The summed E-state index contributed by atoms with van der Waals surface area (Å²) in [7, 11) is 0. The molecule has 1 aromatic heterocycles. The Hall–Kier alpha value is -2.31. The lowest BCUT2D eigenvalue weighted by Gasteiger charge is -2.34. The molecule has 0 spiro atoms. The molecule has 1 N–H and O–H groups in total. The number of pyridine rings is 1. The van der Waals surface area contributed by atoms with Crippen LogP contribution in [0, 0.1) is 5.92 Å². The molecule has 1 unspecified atom stereocenters. The molecule has 1 fully saturated rings. The van der Waals surface area contributed by atoms with E-state index in [2.05, 4.69) is 15.2 Å². The number of carbonyl (C=O) groups is 1. The number of aromatic nitrogens is 1. The molecule has 0 amide bonds. The Morgan fingerprint density at radius 3 is 2.85 bits per heavy atom. The molecule has 7 heteroatoms. The molecule has 0 radical (unpaired) electrons. The summed E-state index contributed by atoms with van der Waals surface area (Å²) in [4.78, 5) is 23.3. The largest absolute Gasteiger partial charge is 0.475 e. The van der Waals surface area contributed by atoms with Crippen LogP contribution in [0.1, 0.15) is 46.1 Å². The monoisotopic (exact) mass is 376 g/mol. The van der Waals surface area contributed by atoms with Crippen LogP contribution in [0.15, 0.2) is 23.3 Å². The van der Waals surface area contributed by atoms with Gasteiger partial charge in [0.1, 0.15) is 0 Å². The summed E-state index contributed by atoms with van der Waals surface area (Å²) in [6, 6.07) is 3.85. The van der Waals surface area contributed by atoms with Crippen LogP contribution in [0.3, 0.4) is 0 Å². The Bertz CT molecular complexity index is 616. The zero-order valence-electron chi connectivity index (χ0n) is 16.9. The van der Waals surface area contributed by atoms with Crippen molar-refractivity contribution in [2.24, 2.45) is 10.9 Å². The molecule has 0 aromatic carbocycles. The number of ether oxygens (including phenoxy) is 2. The zero-order valence-corrected chi connectivity index (χ0v) is 16.9. The van der Waals surface area contributed by atoms with Crippen LogP contribution in [-0.2, 0) is 16.1 Å². The molecule has 1 aliphatic heterocycles. The van der Waals surface area contributed by atoms with Crippen molar-refractivity contribution >= 4 is 11.9 Å². The SMILES string of the molecule is CCNC(=NCc1ccc(OC(C)C)nc1)N1CCCC(C(=O)OCC)C1. The van der Waals surface area contributed by atoms with Gasteiger partial charge in [-0.15, -0.1) is 0 Å². The molecular weight excluding hydrogens is 344 g/mol. The van der Waals surface area contributed by atoms with Gasteiger partial charge in [-0.1, -0.05) is 6.07 Å². The number of esters is 1. The van der Waals surface area contributed by atoms with Gasteiger partial charge >= 0.3 is 5.97 Å². The molecule has 7 nitrogen and oxygen atoms in total. The summed E-state index contributed by atoms with van der Waals surface area (Å²) in [6.45, 7) is 11.1. The van der Waals surface area contributed by atoms with Crippen LogP contribution in [0.25, 0.3) is 0 Å². The lowest BCUT2D eigenvalue weighted by atomic mass is 9.98. The predicted octanol–water partition coefficient (Wildman–Crippen LogP) is 2.61. The maximum Gasteiger partial charge on any atom is 0.310 e. The first kappa shape index (κ1) is 21.0. The van der Waals surface area contributed by atoms with E-state index in [9.17, 15) is 4.79 Å². The predicted molar refractivity (Wildman–Crippen MR) is 106 cm³/mol. The minimum atomic E-state index is -0.108. The van der Waals surface area contributed by atoms with E-state index in [-0.39, 0.29) is 18.0 Å². The highest BCUT2D eigenvalue weighted by atomic mass is 16.5. The fraction of sp³-hybridized carbons (Fsp3) is 0.650. The van der Waals surface area contributed by atoms with Gasteiger partial charge in [0.25, 0.3) is 0 Å². The number of likely N-dealkylation sites (tertiary alicyclic amines) is 1. The minimum Gasteiger partial charge on any atom is -0.475 e. The van der Waals surface area contributed by atoms with Gasteiger partial charge in [-0.05, 0) is 46.1 Å². The van der Waals surface area contributed by atoms with Crippen LogP contribution in [-0.4, -0.2) is 54.2 Å². The number of piperidine rings is 1. The molecule has 1 aromatic rings. The first-order valence-electron chi connectivity index (χ1n) is 9.85. The van der Waals surface area contributed by atoms with Crippen molar-refractivity contribution < 1.29 is 14.3 Å². The van der Waals surface area contributed by atoms with E-state index >= 15 is 0 Å². The number of hydrogen-bond donors (Lipinski definition) is 1. The molecule has 2 heterocycles. The van der Waals surface area contributed by atoms with Gasteiger partial charge in [-0.25, -0.2) is 9.98 Å². The van der Waals surface area contributed by atoms with E-state index in [4.69, 9.17) is 14.5 Å². The van der Waals surface area contributed by atoms with Crippen LogP contribution >= 0.6 is 0 Å². The molecular formula is C20H32N4O3. The lowest BCUT2D eigenvalue weighted by molar-refractivity contribution is -0.149. The molecule has 0 bridgehead atoms. The lowest BCUT2D eigenvalue weighted by Crippen LogP contribution is -2.48. The average Bonchev–Trinajstić information content (AvgIpc) is 2.66. The van der Waals surface area contributed by atoms with Gasteiger partial charge in [-0.3, -0.25) is 4.79 Å². The van der Waals surface area contributed by atoms with Crippen molar-refractivity contribution in [1.29, 1.82) is 0 Å². The summed E-state index contributed by atoms with van der Waals surface area (Å²) in [6.07, 6.45) is 3.72. The highest BCUT2D eigenvalue weighted by Crippen LogP contribution is 2.18. The number of hydrogen-bond acceptors (Lipinski definition) is 5. The highest BCUT2D eigenvalue weighted by Gasteiger charge is 2.28. The topological polar surface area (TPSA) is 76.1 Å². The Morgan fingerprint density at radius 1 is 1.41 bits per heavy atom. The quantitative estimate of drug-likeness (QED) is 0.448. The third kappa shape index (κ3) is 6.73. The van der Waals surface area contributed by atoms with Gasteiger partial charge in [-0.2, -0.15) is 0 Å². The summed E-state index contributed by atoms with van der Waals surface area (Å²) in [5.41, 5.74) is 1.01. The van der Waals surface area contributed by atoms with Gasteiger partial charge in [0.2, 0.25) is 5.88 Å². The van der Waals surface area contributed by atoms with Crippen molar-refractivity contribution in [3.8, 4) is 5.88 Å². The highest BCUT2D eigenvalue weighted by molar-refractivity contribution is 5.81. The summed E-state index contributed by atoms with van der Waals surface area (Å²) < 4.78 is 10.8. The van der Waals surface area contributed by atoms with Gasteiger partial charge in [0.15, 0.2) is 5.96 Å². The van der Waals surface area contributed by atoms with Crippen LogP contribution in [0.2, 0.25) is 0 Å². The van der Waals surface area contributed by atoms with E-state index in [0.29, 0.717) is 25.6 Å². The second-order valence-electron chi connectivity index (χ2n) is 6.88. The van der Waals surface area contributed by atoms with Crippen molar-refractivity contribution in [2.45, 2.75) is 53.2 Å². The second kappa shape index (κ2) is 10.7. The molecule has 1 atom stereocenters. The fourth-order valence-corrected chi connectivity index (χ4v) is 3.03. The minimum absolute atomic E-state index is 0.0864. The number of carbonyl (C=O) groups excluding carboxylic acids is 1. The molecule has 0 aliphatic carbocycles. The normalized spacial score (nSPS) is 17.7. The number of rotatable bonds is 7. The standard InChI is InChI=1S/C20H32N4O3/c1-5-21-20(24-11-7-8-17(14-24)19(25)26-6-2)23-13-16-9-10-18(22-12-16)27-15(3)4/h9-10,12,15,17H,5-8,11,13-14H2,1-4H3,(H,21,23). The third-order valence-electron chi connectivity index (χ3n) is 4.24. The van der Waals surface area contributed by atoms with Gasteiger partial charge in [0.05, 0.1) is 25.2 Å². The third-order valence-corrected chi connectivity index (χ3v) is 4.24.